The van der Waals surface area contributed by atoms with E-state index < -0.39 is 30.0 Å². The summed E-state index contributed by atoms with van der Waals surface area (Å²) in [5.74, 6) is -1.30. The Bertz CT molecular complexity index is 586. The van der Waals surface area contributed by atoms with Crippen molar-refractivity contribution in [3.8, 4) is 5.75 Å². The maximum absolute atomic E-state index is 12.3. The highest BCUT2D eigenvalue weighted by Gasteiger charge is 2.49. The van der Waals surface area contributed by atoms with Crippen LogP contribution in [0.1, 0.15) is 12.5 Å². The summed E-state index contributed by atoms with van der Waals surface area (Å²) in [6.07, 6.45) is 0. The van der Waals surface area contributed by atoms with E-state index >= 15 is 0 Å². The number of carbonyl (C=O) groups excluding carboxylic acids is 2. The maximum atomic E-state index is 12.3. The fourth-order valence-corrected chi connectivity index (χ4v) is 2.11. The van der Waals surface area contributed by atoms with Crippen LogP contribution >= 0.6 is 0 Å². The summed E-state index contributed by atoms with van der Waals surface area (Å²) in [6.45, 7) is 0.869. The van der Waals surface area contributed by atoms with Gasteiger partial charge in [-0.05, 0) is 24.6 Å². The molecule has 7 nitrogen and oxygen atoms in total. The van der Waals surface area contributed by atoms with Gasteiger partial charge in [0.05, 0.1) is 7.11 Å². The van der Waals surface area contributed by atoms with E-state index in [2.05, 4.69) is 5.32 Å². The second-order valence-corrected chi connectivity index (χ2v) is 4.57. The van der Waals surface area contributed by atoms with Crippen molar-refractivity contribution in [1.29, 1.82) is 0 Å². The van der Waals surface area contributed by atoms with Crippen molar-refractivity contribution < 1.29 is 24.2 Å². The number of carbonyl (C=O) groups is 3. The molecule has 0 bridgehead atoms. The van der Waals surface area contributed by atoms with Gasteiger partial charge in [0.2, 0.25) is 0 Å². The lowest BCUT2D eigenvalue weighted by Gasteiger charge is -2.22. The van der Waals surface area contributed by atoms with E-state index in [1.54, 1.807) is 24.3 Å². The van der Waals surface area contributed by atoms with Crippen molar-refractivity contribution in [2.45, 2.75) is 12.5 Å². The Labute approximate surface area is 115 Å². The molecule has 1 aromatic carbocycles. The van der Waals surface area contributed by atoms with Crippen LogP contribution in [-0.2, 0) is 15.1 Å². The van der Waals surface area contributed by atoms with Gasteiger partial charge >= 0.3 is 12.0 Å². The quantitative estimate of drug-likeness (QED) is 0.784. The number of hydrogen-bond acceptors (Lipinski definition) is 4. The summed E-state index contributed by atoms with van der Waals surface area (Å²) >= 11 is 0. The minimum atomic E-state index is -1.29. The van der Waals surface area contributed by atoms with E-state index in [1.165, 1.54) is 14.0 Å². The van der Waals surface area contributed by atoms with Gasteiger partial charge in [0, 0.05) is 0 Å². The molecule has 1 saturated heterocycles. The number of hydrogen-bond donors (Lipinski definition) is 2. The molecule has 1 atom stereocenters. The highest BCUT2D eigenvalue weighted by atomic mass is 16.5. The third-order valence-electron chi connectivity index (χ3n) is 3.22. The van der Waals surface area contributed by atoms with Crippen molar-refractivity contribution >= 4 is 17.9 Å². The van der Waals surface area contributed by atoms with Crippen LogP contribution in [0, 0.1) is 0 Å². The molecule has 7 heteroatoms. The van der Waals surface area contributed by atoms with E-state index in [9.17, 15) is 14.4 Å². The molecule has 0 aliphatic carbocycles. The molecule has 1 unspecified atom stereocenters. The van der Waals surface area contributed by atoms with E-state index in [1.807, 2.05) is 0 Å². The predicted molar refractivity (Wildman–Crippen MR) is 68.2 cm³/mol. The zero-order valence-corrected chi connectivity index (χ0v) is 11.0. The zero-order chi connectivity index (χ0) is 14.9. The number of nitrogens with one attached hydrogen (secondary N) is 1. The van der Waals surface area contributed by atoms with Gasteiger partial charge in [0.25, 0.3) is 5.91 Å². The maximum Gasteiger partial charge on any atom is 0.325 e. The van der Waals surface area contributed by atoms with Crippen LogP contribution in [0.4, 0.5) is 4.79 Å². The summed E-state index contributed by atoms with van der Waals surface area (Å²) in [6, 6.07) is 5.98. The minimum Gasteiger partial charge on any atom is -0.497 e. The van der Waals surface area contributed by atoms with Gasteiger partial charge in [-0.3, -0.25) is 14.5 Å². The van der Waals surface area contributed by atoms with E-state index in [0.717, 1.165) is 0 Å². The minimum absolute atomic E-state index is 0.531. The lowest BCUT2D eigenvalue weighted by atomic mass is 9.92. The van der Waals surface area contributed by atoms with Crippen LogP contribution in [0.5, 0.6) is 5.75 Å². The molecule has 1 aliphatic rings. The summed E-state index contributed by atoms with van der Waals surface area (Å²) in [4.78, 5) is 35.5. The molecule has 1 heterocycles. The SMILES string of the molecule is COc1cccc(C2(C)NC(=O)N(CC(=O)O)C2=O)c1. The molecular weight excluding hydrogens is 264 g/mol. The van der Waals surface area contributed by atoms with Gasteiger partial charge in [-0.15, -0.1) is 0 Å². The van der Waals surface area contributed by atoms with Crippen LogP contribution < -0.4 is 10.1 Å². The lowest BCUT2D eigenvalue weighted by molar-refractivity contribution is -0.142. The molecule has 0 radical (unpaired) electrons. The second-order valence-electron chi connectivity index (χ2n) is 4.57. The van der Waals surface area contributed by atoms with Crippen molar-refractivity contribution in [3.05, 3.63) is 29.8 Å². The highest BCUT2D eigenvalue weighted by molar-refractivity contribution is 6.08. The van der Waals surface area contributed by atoms with Gasteiger partial charge in [-0.2, -0.15) is 0 Å². The normalized spacial score (nSPS) is 21.8. The van der Waals surface area contributed by atoms with Gasteiger partial charge in [-0.1, -0.05) is 12.1 Å². The Morgan fingerprint density at radius 2 is 2.15 bits per heavy atom. The van der Waals surface area contributed by atoms with E-state index in [4.69, 9.17) is 9.84 Å². The average Bonchev–Trinajstić information content (AvgIpc) is 2.63. The molecule has 3 amide bonds. The molecular formula is C13H14N2O5. The van der Waals surface area contributed by atoms with Crippen molar-refractivity contribution in [2.24, 2.45) is 0 Å². The number of aliphatic carboxylic acids is 1. The molecule has 20 heavy (non-hydrogen) atoms. The molecule has 2 N–H and O–H groups in total. The van der Waals surface area contributed by atoms with Crippen molar-refractivity contribution in [2.75, 3.05) is 13.7 Å². The average molecular weight is 278 g/mol. The van der Waals surface area contributed by atoms with Crippen LogP contribution in [0.15, 0.2) is 24.3 Å². The highest BCUT2D eigenvalue weighted by Crippen LogP contribution is 2.30. The molecule has 0 spiro atoms. The Morgan fingerprint density at radius 1 is 1.45 bits per heavy atom. The number of rotatable bonds is 4. The number of imide groups is 1. The summed E-state index contributed by atoms with van der Waals surface area (Å²) < 4.78 is 5.08. The fourth-order valence-electron chi connectivity index (χ4n) is 2.11. The fraction of sp³-hybridized carbons (Fsp3) is 0.308. The van der Waals surface area contributed by atoms with Crippen molar-refractivity contribution in [1.82, 2.24) is 10.2 Å². The zero-order valence-electron chi connectivity index (χ0n) is 11.0. The second kappa shape index (κ2) is 4.84. The number of carboxylic acid groups (broad SMARTS) is 1. The summed E-state index contributed by atoms with van der Waals surface area (Å²) in [7, 11) is 1.49. The van der Waals surface area contributed by atoms with Gasteiger partial charge in [-0.25, -0.2) is 4.79 Å². The molecule has 0 saturated carbocycles. The summed E-state index contributed by atoms with van der Waals surface area (Å²) in [5, 5.41) is 11.3. The molecule has 1 aromatic rings. The third-order valence-corrected chi connectivity index (χ3v) is 3.22. The first-order valence-electron chi connectivity index (χ1n) is 5.89. The predicted octanol–water partition coefficient (Wildman–Crippen LogP) is 0.547. The van der Waals surface area contributed by atoms with Crippen LogP contribution in [0.2, 0.25) is 0 Å². The number of urea groups is 1. The smallest absolute Gasteiger partial charge is 0.325 e. The van der Waals surface area contributed by atoms with Crippen LogP contribution in [0.3, 0.4) is 0 Å². The Morgan fingerprint density at radius 3 is 2.75 bits per heavy atom. The van der Waals surface area contributed by atoms with Crippen LogP contribution in [0.25, 0.3) is 0 Å². The molecule has 2 rings (SSSR count). The monoisotopic (exact) mass is 278 g/mol. The molecule has 1 fully saturated rings. The lowest BCUT2D eigenvalue weighted by Crippen LogP contribution is -2.41. The van der Waals surface area contributed by atoms with Crippen LogP contribution in [-0.4, -0.2) is 41.6 Å². The Kier molecular flexibility index (Phi) is 3.35. The standard InChI is InChI=1S/C13H14N2O5/c1-13(8-4-3-5-9(6-8)20-2)11(18)15(7-10(16)17)12(19)14-13/h3-6H,7H2,1-2H3,(H,14,19)(H,16,17). The molecule has 0 aromatic heterocycles. The first-order valence-corrected chi connectivity index (χ1v) is 5.89. The first-order chi connectivity index (χ1) is 9.38. The number of nitrogens with zero attached hydrogens (tertiary/aromatic N) is 1. The Hall–Kier alpha value is -2.57. The third kappa shape index (κ3) is 2.18. The number of carboxylic acids is 1. The van der Waals surface area contributed by atoms with Crippen molar-refractivity contribution in [3.63, 3.8) is 0 Å². The molecule has 106 valence electrons. The number of benzene rings is 1. The first kappa shape index (κ1) is 13.9. The summed E-state index contributed by atoms with van der Waals surface area (Å²) in [5.41, 5.74) is -0.760. The molecule has 1 aliphatic heterocycles. The number of ether oxygens (including phenoxy) is 1. The van der Waals surface area contributed by atoms with Gasteiger partial charge in [0.15, 0.2) is 0 Å². The number of amides is 3. The van der Waals surface area contributed by atoms with E-state index in [0.29, 0.717) is 16.2 Å². The van der Waals surface area contributed by atoms with Gasteiger partial charge < -0.3 is 15.2 Å². The topological polar surface area (TPSA) is 95.9 Å². The number of methoxy groups -OCH3 is 1. The largest absolute Gasteiger partial charge is 0.497 e. The van der Waals surface area contributed by atoms with Gasteiger partial charge in [0.1, 0.15) is 17.8 Å². The Balaban J connectivity index is 2.37. The van der Waals surface area contributed by atoms with E-state index in [-0.39, 0.29) is 0 Å².